The van der Waals surface area contributed by atoms with Crippen LogP contribution in [0, 0.1) is 0 Å². The molecule has 0 fully saturated rings. The van der Waals surface area contributed by atoms with E-state index in [9.17, 15) is 0 Å². The van der Waals surface area contributed by atoms with Gasteiger partial charge in [-0.1, -0.05) is 51.9 Å². The van der Waals surface area contributed by atoms with Gasteiger partial charge in [-0.25, -0.2) is 0 Å². The van der Waals surface area contributed by atoms with E-state index in [2.05, 4.69) is 12.2 Å². The van der Waals surface area contributed by atoms with Gasteiger partial charge in [-0.05, 0) is 20.0 Å². The summed E-state index contributed by atoms with van der Waals surface area (Å²) in [6.45, 7) is 5.19. The first-order chi connectivity index (χ1) is 10.8. The molecule has 0 bridgehead atoms. The van der Waals surface area contributed by atoms with Crippen LogP contribution in [-0.2, 0) is 9.47 Å². The lowest BCUT2D eigenvalue weighted by Gasteiger charge is -2.01. The maximum Gasteiger partial charge on any atom is 0.0701 e. The van der Waals surface area contributed by atoms with Crippen LogP contribution in [0.25, 0.3) is 0 Å². The first-order valence-corrected chi connectivity index (χ1v) is 8.85. The monoisotopic (exact) mass is 321 g/mol. The molecule has 22 heavy (non-hydrogen) atoms. The lowest BCUT2D eigenvalue weighted by molar-refractivity contribution is 0.0222. The lowest BCUT2D eigenvalue weighted by atomic mass is 10.1. The molecular weight excluding hydrogens is 282 g/mol. The summed E-state index contributed by atoms with van der Waals surface area (Å²) in [6.07, 6.45) is 11.3. The van der Waals surface area contributed by atoms with Crippen LogP contribution in [0.1, 0.15) is 58.3 Å². The van der Waals surface area contributed by atoms with Gasteiger partial charge in [0.05, 0.1) is 39.6 Å². The highest BCUT2D eigenvalue weighted by molar-refractivity contribution is 4.47. The average molecular weight is 322 g/mol. The van der Waals surface area contributed by atoms with Crippen molar-refractivity contribution < 1.29 is 19.7 Å². The van der Waals surface area contributed by atoms with Gasteiger partial charge < -0.3 is 25.0 Å². The molecule has 0 aliphatic heterocycles. The van der Waals surface area contributed by atoms with Crippen molar-refractivity contribution in [3.63, 3.8) is 0 Å². The van der Waals surface area contributed by atoms with E-state index < -0.39 is 0 Å². The summed E-state index contributed by atoms with van der Waals surface area (Å²) in [5.41, 5.74) is 0. The molecule has 0 saturated carbocycles. The van der Waals surface area contributed by atoms with Gasteiger partial charge in [0, 0.05) is 0 Å². The molecule has 0 aromatic carbocycles. The molecule has 0 unspecified atom stereocenters. The van der Waals surface area contributed by atoms with Crippen molar-refractivity contribution in [1.29, 1.82) is 0 Å². The Labute approximate surface area is 137 Å². The van der Waals surface area contributed by atoms with E-state index in [-0.39, 0.29) is 13.2 Å². The number of rotatable bonds is 16. The summed E-state index contributed by atoms with van der Waals surface area (Å²) < 4.78 is 9.75. The molecule has 0 saturated heterocycles. The van der Waals surface area contributed by atoms with E-state index in [1.54, 1.807) is 0 Å². The molecule has 0 aliphatic rings. The van der Waals surface area contributed by atoms with E-state index in [4.69, 9.17) is 19.7 Å². The summed E-state index contributed by atoms with van der Waals surface area (Å²) in [4.78, 5) is 0. The second-order valence-corrected chi connectivity index (χ2v) is 5.25. The predicted octanol–water partition coefficient (Wildman–Crippen LogP) is 2.35. The van der Waals surface area contributed by atoms with Crippen molar-refractivity contribution >= 4 is 0 Å². The van der Waals surface area contributed by atoms with Crippen LogP contribution in [0.4, 0.5) is 0 Å². The van der Waals surface area contributed by atoms with Crippen molar-refractivity contribution in [3.8, 4) is 0 Å². The van der Waals surface area contributed by atoms with Crippen LogP contribution in [-0.4, -0.2) is 63.4 Å². The largest absolute Gasteiger partial charge is 0.394 e. The van der Waals surface area contributed by atoms with Crippen molar-refractivity contribution in [2.75, 3.05) is 53.2 Å². The Kier molecular flexibility index (Phi) is 28.1. The molecular formula is C17H39NO4. The molecule has 0 aromatic heterocycles. The maximum atomic E-state index is 8.26. The summed E-state index contributed by atoms with van der Waals surface area (Å²) in [5.74, 6) is 0. The highest BCUT2D eigenvalue weighted by Gasteiger charge is 1.90. The van der Waals surface area contributed by atoms with Crippen LogP contribution < -0.4 is 5.32 Å². The summed E-state index contributed by atoms with van der Waals surface area (Å²) in [5, 5.41) is 19.7. The van der Waals surface area contributed by atoms with Gasteiger partial charge in [0.25, 0.3) is 0 Å². The smallest absolute Gasteiger partial charge is 0.0701 e. The molecule has 0 heterocycles. The molecule has 0 radical (unpaired) electrons. The highest BCUT2D eigenvalue weighted by Crippen LogP contribution is 2.07. The number of aliphatic hydroxyl groups excluding tert-OH is 2. The molecule has 0 aromatic rings. The fourth-order valence-corrected chi connectivity index (χ4v) is 1.89. The van der Waals surface area contributed by atoms with Gasteiger partial charge in [-0.3, -0.25) is 0 Å². The normalized spacial score (nSPS) is 10.4. The zero-order valence-electron chi connectivity index (χ0n) is 14.8. The van der Waals surface area contributed by atoms with Gasteiger partial charge in [0.15, 0.2) is 0 Å². The van der Waals surface area contributed by atoms with Gasteiger partial charge >= 0.3 is 0 Å². The molecule has 0 rings (SSSR count). The second-order valence-electron chi connectivity index (χ2n) is 5.25. The van der Waals surface area contributed by atoms with Gasteiger partial charge in [0.1, 0.15) is 0 Å². The van der Waals surface area contributed by atoms with E-state index in [1.807, 2.05) is 7.05 Å². The third-order valence-corrected chi connectivity index (χ3v) is 3.12. The zero-order valence-corrected chi connectivity index (χ0v) is 14.8. The van der Waals surface area contributed by atoms with Crippen LogP contribution in [0.15, 0.2) is 0 Å². The first-order valence-electron chi connectivity index (χ1n) is 8.85. The third kappa shape index (κ3) is 28.0. The van der Waals surface area contributed by atoms with E-state index >= 15 is 0 Å². The maximum absolute atomic E-state index is 8.26. The minimum absolute atomic E-state index is 0.0417. The Morgan fingerprint density at radius 3 is 1.55 bits per heavy atom. The van der Waals surface area contributed by atoms with Gasteiger partial charge in [-0.15, -0.1) is 0 Å². The van der Waals surface area contributed by atoms with E-state index in [0.29, 0.717) is 26.4 Å². The van der Waals surface area contributed by atoms with Crippen LogP contribution in [0.3, 0.4) is 0 Å². The Morgan fingerprint density at radius 2 is 1.14 bits per heavy atom. The van der Waals surface area contributed by atoms with Crippen LogP contribution in [0.5, 0.6) is 0 Å². The minimum Gasteiger partial charge on any atom is -0.394 e. The van der Waals surface area contributed by atoms with Crippen LogP contribution >= 0.6 is 0 Å². The molecule has 3 N–H and O–H groups in total. The van der Waals surface area contributed by atoms with Crippen molar-refractivity contribution in [2.24, 2.45) is 0 Å². The molecule has 0 atom stereocenters. The van der Waals surface area contributed by atoms with Crippen molar-refractivity contribution in [2.45, 2.75) is 58.3 Å². The lowest BCUT2D eigenvalue weighted by Crippen LogP contribution is -2.09. The summed E-state index contributed by atoms with van der Waals surface area (Å²) >= 11 is 0. The molecule has 0 spiro atoms. The van der Waals surface area contributed by atoms with Crippen molar-refractivity contribution in [1.82, 2.24) is 5.32 Å². The molecule has 0 amide bonds. The van der Waals surface area contributed by atoms with E-state index in [0.717, 1.165) is 0 Å². The predicted molar refractivity (Wildman–Crippen MR) is 92.3 cm³/mol. The minimum atomic E-state index is 0.0417. The molecule has 136 valence electrons. The number of aliphatic hydroxyl groups is 2. The quantitative estimate of drug-likeness (QED) is 0.381. The molecule has 5 nitrogen and oxygen atoms in total. The van der Waals surface area contributed by atoms with E-state index in [1.165, 1.54) is 57.9 Å². The first kappa shape index (κ1) is 24.1. The Hall–Kier alpha value is -0.200. The SMILES string of the molecule is CCCCCCCCCCNC.OCCOCCOCCO. The second kappa shape index (κ2) is 25.7. The van der Waals surface area contributed by atoms with Gasteiger partial charge in [0.2, 0.25) is 0 Å². The average Bonchev–Trinajstić information content (AvgIpc) is 2.54. The summed E-state index contributed by atoms with van der Waals surface area (Å²) in [7, 11) is 2.03. The Morgan fingerprint density at radius 1 is 0.682 bits per heavy atom. The zero-order chi connectivity index (χ0) is 16.7. The topological polar surface area (TPSA) is 71.0 Å². The highest BCUT2D eigenvalue weighted by atomic mass is 16.5. The Bertz CT molecular complexity index is 153. The number of hydrogen-bond donors (Lipinski definition) is 3. The van der Waals surface area contributed by atoms with Crippen molar-refractivity contribution in [3.05, 3.63) is 0 Å². The van der Waals surface area contributed by atoms with Crippen LogP contribution in [0.2, 0.25) is 0 Å². The summed E-state index contributed by atoms with van der Waals surface area (Å²) in [6, 6.07) is 0. The number of ether oxygens (including phenoxy) is 2. The third-order valence-electron chi connectivity index (χ3n) is 3.12. The molecule has 0 aliphatic carbocycles. The number of unbranched alkanes of at least 4 members (excludes halogenated alkanes) is 7. The molecule has 5 heteroatoms. The fraction of sp³-hybridized carbons (Fsp3) is 1.00. The number of hydrogen-bond acceptors (Lipinski definition) is 5. The fourth-order valence-electron chi connectivity index (χ4n) is 1.89. The number of nitrogens with one attached hydrogen (secondary N) is 1. The van der Waals surface area contributed by atoms with Gasteiger partial charge in [-0.2, -0.15) is 0 Å². The Balaban J connectivity index is 0. The standard InChI is InChI=1S/C11H25N.C6H14O4/c1-3-4-5-6-7-8-9-10-11-12-2;7-1-3-9-5-6-10-4-2-8/h12H,3-11H2,1-2H3;7-8H,1-6H2.